The number of thioether (sulfide) groups is 1. The van der Waals surface area contributed by atoms with Crippen molar-refractivity contribution in [2.24, 2.45) is 4.99 Å². The van der Waals surface area contributed by atoms with E-state index in [0.717, 1.165) is 12.1 Å². The lowest BCUT2D eigenvalue weighted by Gasteiger charge is -2.22. The Morgan fingerprint density at radius 3 is 2.68 bits per heavy atom. The number of hydrogen-bond acceptors (Lipinski definition) is 4. The fourth-order valence-electron chi connectivity index (χ4n) is 2.71. The van der Waals surface area contributed by atoms with E-state index < -0.39 is 17.8 Å². The zero-order valence-corrected chi connectivity index (χ0v) is 16.0. The lowest BCUT2D eigenvalue weighted by molar-refractivity contribution is -0.137. The van der Waals surface area contributed by atoms with Crippen LogP contribution < -0.4 is 4.74 Å². The highest BCUT2D eigenvalue weighted by atomic mass is 32.2. The summed E-state index contributed by atoms with van der Waals surface area (Å²) in [5.41, 5.74) is -0.160. The Morgan fingerprint density at radius 2 is 1.96 bits per heavy atom. The van der Waals surface area contributed by atoms with Crippen LogP contribution in [0.15, 0.2) is 59.6 Å². The minimum atomic E-state index is -4.38. The minimum absolute atomic E-state index is 0.225. The molecule has 0 bridgehead atoms. The number of carbonyl (C=O) groups excluding carboxylic acids is 1. The number of ether oxygens (including phenoxy) is 1. The summed E-state index contributed by atoms with van der Waals surface area (Å²) in [4.78, 5) is 18.6. The van der Waals surface area contributed by atoms with Crippen LogP contribution in [-0.4, -0.2) is 35.2 Å². The summed E-state index contributed by atoms with van der Waals surface area (Å²) in [6, 6.07) is 14.2. The maximum Gasteiger partial charge on any atom is 0.416 e. The molecule has 0 saturated heterocycles. The maximum absolute atomic E-state index is 12.8. The highest BCUT2D eigenvalue weighted by molar-refractivity contribution is 8.13. The van der Waals surface area contributed by atoms with Gasteiger partial charge in [0.25, 0.3) is 5.91 Å². The van der Waals surface area contributed by atoms with Crippen molar-refractivity contribution in [2.75, 3.05) is 13.1 Å². The number of hydrogen-bond donors (Lipinski definition) is 0. The number of amidine groups is 1. The first-order chi connectivity index (χ1) is 13.3. The molecule has 1 atom stereocenters. The van der Waals surface area contributed by atoms with E-state index in [1.54, 1.807) is 25.1 Å². The predicted octanol–water partition coefficient (Wildman–Crippen LogP) is 4.60. The number of alkyl halides is 3. The molecule has 0 saturated carbocycles. The van der Waals surface area contributed by atoms with Crippen LogP contribution in [0.1, 0.15) is 18.1 Å². The van der Waals surface area contributed by atoms with Crippen LogP contribution in [0.3, 0.4) is 0 Å². The van der Waals surface area contributed by atoms with Crippen molar-refractivity contribution in [2.45, 2.75) is 25.0 Å². The molecule has 8 heteroatoms. The molecule has 2 aromatic carbocycles. The summed E-state index contributed by atoms with van der Waals surface area (Å²) < 4.78 is 44.2. The SMILES string of the molecule is C[C@H](Oc1ccccc1)C(=O)N1CCN=C1SCc1cccc(C(F)(F)F)c1. The maximum atomic E-state index is 12.8. The van der Waals surface area contributed by atoms with Gasteiger partial charge in [-0.3, -0.25) is 14.7 Å². The lowest BCUT2D eigenvalue weighted by Crippen LogP contribution is -2.41. The Labute approximate surface area is 165 Å². The van der Waals surface area contributed by atoms with E-state index in [2.05, 4.69) is 4.99 Å². The first kappa shape index (κ1) is 20.3. The van der Waals surface area contributed by atoms with Crippen molar-refractivity contribution in [1.29, 1.82) is 0 Å². The van der Waals surface area contributed by atoms with Gasteiger partial charge >= 0.3 is 6.18 Å². The Balaban J connectivity index is 1.61. The number of aliphatic imine (C=N–C) groups is 1. The molecule has 0 fully saturated rings. The second-order valence-corrected chi connectivity index (χ2v) is 7.16. The average Bonchev–Trinajstić information content (AvgIpc) is 3.14. The summed E-state index contributed by atoms with van der Waals surface area (Å²) in [6.45, 7) is 2.57. The molecule has 1 aliphatic rings. The number of rotatable bonds is 5. The topological polar surface area (TPSA) is 41.9 Å². The van der Waals surface area contributed by atoms with E-state index in [-0.39, 0.29) is 5.91 Å². The molecule has 0 aromatic heterocycles. The molecular formula is C20H19F3N2O2S. The van der Waals surface area contributed by atoms with Gasteiger partial charge in [-0.15, -0.1) is 0 Å². The third-order valence-electron chi connectivity index (χ3n) is 4.09. The van der Waals surface area contributed by atoms with Crippen molar-refractivity contribution in [1.82, 2.24) is 4.90 Å². The third kappa shape index (κ3) is 5.07. The number of para-hydroxylation sites is 1. The van der Waals surface area contributed by atoms with Crippen molar-refractivity contribution in [3.63, 3.8) is 0 Å². The molecule has 0 N–H and O–H groups in total. The number of nitrogens with zero attached hydrogens (tertiary/aromatic N) is 2. The van der Waals surface area contributed by atoms with Gasteiger partial charge in [-0.25, -0.2) is 0 Å². The van der Waals surface area contributed by atoms with Crippen molar-refractivity contribution < 1.29 is 22.7 Å². The van der Waals surface area contributed by atoms with Gasteiger partial charge in [0.15, 0.2) is 11.3 Å². The number of amides is 1. The smallest absolute Gasteiger partial charge is 0.416 e. The van der Waals surface area contributed by atoms with E-state index >= 15 is 0 Å². The van der Waals surface area contributed by atoms with E-state index in [1.165, 1.54) is 22.7 Å². The monoisotopic (exact) mass is 408 g/mol. The van der Waals surface area contributed by atoms with Gasteiger partial charge in [-0.2, -0.15) is 13.2 Å². The van der Waals surface area contributed by atoms with Crippen molar-refractivity contribution in [3.8, 4) is 5.75 Å². The molecular weight excluding hydrogens is 389 g/mol. The second kappa shape index (κ2) is 8.68. The van der Waals surface area contributed by atoms with E-state index in [1.807, 2.05) is 18.2 Å². The van der Waals surface area contributed by atoms with Gasteiger partial charge < -0.3 is 4.74 Å². The van der Waals surface area contributed by atoms with Gasteiger partial charge in [0.2, 0.25) is 0 Å². The lowest BCUT2D eigenvalue weighted by atomic mass is 10.1. The molecule has 0 radical (unpaired) electrons. The normalized spacial score (nSPS) is 15.3. The molecule has 0 aliphatic carbocycles. The number of halogens is 3. The fraction of sp³-hybridized carbons (Fsp3) is 0.300. The Hall–Kier alpha value is -2.48. The summed E-state index contributed by atoms with van der Waals surface area (Å²) in [5, 5.41) is 0.505. The number of carbonyl (C=O) groups is 1. The molecule has 0 spiro atoms. The molecule has 4 nitrogen and oxygen atoms in total. The highest BCUT2D eigenvalue weighted by Crippen LogP contribution is 2.30. The summed E-state index contributed by atoms with van der Waals surface area (Å²) in [5.74, 6) is 0.662. The molecule has 148 valence electrons. The molecule has 1 amide bonds. The van der Waals surface area contributed by atoms with Gasteiger partial charge in [0.05, 0.1) is 12.1 Å². The van der Waals surface area contributed by atoms with Crippen LogP contribution in [0.2, 0.25) is 0 Å². The van der Waals surface area contributed by atoms with E-state index in [0.29, 0.717) is 35.3 Å². The molecule has 2 aromatic rings. The standard InChI is InChI=1S/C20H19F3N2O2S/c1-14(27-17-8-3-2-4-9-17)18(26)25-11-10-24-19(25)28-13-15-6-5-7-16(12-15)20(21,22)23/h2-9,12,14H,10-11,13H2,1H3/t14-/m0/s1. The van der Waals surface area contributed by atoms with Crippen LogP contribution in [0.5, 0.6) is 5.75 Å². The highest BCUT2D eigenvalue weighted by Gasteiger charge is 2.31. The number of benzene rings is 2. The molecule has 1 heterocycles. The summed E-state index contributed by atoms with van der Waals surface area (Å²) >= 11 is 1.25. The summed E-state index contributed by atoms with van der Waals surface area (Å²) in [6.07, 6.45) is -5.07. The largest absolute Gasteiger partial charge is 0.481 e. The van der Waals surface area contributed by atoms with Crippen molar-refractivity contribution in [3.05, 3.63) is 65.7 Å². The van der Waals surface area contributed by atoms with Crippen LogP contribution in [-0.2, 0) is 16.7 Å². The summed E-state index contributed by atoms with van der Waals surface area (Å²) in [7, 11) is 0. The Kier molecular flexibility index (Phi) is 6.28. The molecule has 28 heavy (non-hydrogen) atoms. The van der Waals surface area contributed by atoms with E-state index in [4.69, 9.17) is 4.74 Å². The Bertz CT molecular complexity index is 856. The van der Waals surface area contributed by atoms with Crippen LogP contribution >= 0.6 is 11.8 Å². The van der Waals surface area contributed by atoms with Crippen molar-refractivity contribution >= 4 is 22.8 Å². The quantitative estimate of drug-likeness (QED) is 0.726. The van der Waals surface area contributed by atoms with Gasteiger partial charge in [-0.1, -0.05) is 48.2 Å². The molecule has 0 unspecified atom stereocenters. The molecule has 3 rings (SSSR count). The van der Waals surface area contributed by atoms with Crippen LogP contribution in [0.4, 0.5) is 13.2 Å². The first-order valence-electron chi connectivity index (χ1n) is 8.71. The van der Waals surface area contributed by atoms with Crippen LogP contribution in [0, 0.1) is 0 Å². The predicted molar refractivity (Wildman–Crippen MR) is 103 cm³/mol. The average molecular weight is 408 g/mol. The second-order valence-electron chi connectivity index (χ2n) is 6.21. The minimum Gasteiger partial charge on any atom is -0.481 e. The zero-order valence-electron chi connectivity index (χ0n) is 15.1. The van der Waals surface area contributed by atoms with Gasteiger partial charge in [0.1, 0.15) is 5.75 Å². The third-order valence-corrected chi connectivity index (χ3v) is 5.18. The zero-order chi connectivity index (χ0) is 20.1. The van der Waals surface area contributed by atoms with E-state index in [9.17, 15) is 18.0 Å². The van der Waals surface area contributed by atoms with Gasteiger partial charge in [-0.05, 0) is 30.7 Å². The molecule has 1 aliphatic heterocycles. The van der Waals surface area contributed by atoms with Crippen LogP contribution in [0.25, 0.3) is 0 Å². The first-order valence-corrected chi connectivity index (χ1v) is 9.69. The fourth-order valence-corrected chi connectivity index (χ4v) is 3.71. The van der Waals surface area contributed by atoms with Gasteiger partial charge in [0, 0.05) is 12.3 Å². The Morgan fingerprint density at radius 1 is 1.21 bits per heavy atom.